The van der Waals surface area contributed by atoms with E-state index in [4.69, 9.17) is 0 Å². The Hall–Kier alpha value is -1.35. The standard InChI is InChI=1S/C19H27FN4O.HI/c1-2-21-18(24-13-19(25)8-3-4-9-19)22-10-7-14-12-23-17-6-5-15(20)11-16(14)17;/h5-6,11-12,23,25H,2-4,7-10,13H2,1H3,(H2,21,22,24);1H. The third kappa shape index (κ3) is 5.33. The van der Waals surface area contributed by atoms with Crippen molar-refractivity contribution < 1.29 is 9.50 Å². The second-order valence-corrected chi connectivity index (χ2v) is 6.81. The van der Waals surface area contributed by atoms with Crippen molar-refractivity contribution in [3.8, 4) is 0 Å². The Labute approximate surface area is 170 Å². The number of nitrogens with zero attached hydrogens (tertiary/aromatic N) is 1. The van der Waals surface area contributed by atoms with Crippen LogP contribution in [0.2, 0.25) is 0 Å². The summed E-state index contributed by atoms with van der Waals surface area (Å²) in [5.74, 6) is 0.495. The molecule has 1 aliphatic rings. The van der Waals surface area contributed by atoms with Crippen molar-refractivity contribution in [2.24, 2.45) is 4.99 Å². The van der Waals surface area contributed by atoms with Gasteiger partial charge in [0.05, 0.1) is 12.1 Å². The van der Waals surface area contributed by atoms with Crippen LogP contribution in [0.3, 0.4) is 0 Å². The number of benzene rings is 1. The van der Waals surface area contributed by atoms with Crippen LogP contribution in [0.25, 0.3) is 10.9 Å². The van der Waals surface area contributed by atoms with Gasteiger partial charge in [0.15, 0.2) is 5.96 Å². The van der Waals surface area contributed by atoms with Gasteiger partial charge >= 0.3 is 0 Å². The highest BCUT2D eigenvalue weighted by Crippen LogP contribution is 2.29. The van der Waals surface area contributed by atoms with Crippen molar-refractivity contribution in [3.63, 3.8) is 0 Å². The van der Waals surface area contributed by atoms with E-state index in [1.165, 1.54) is 6.07 Å². The smallest absolute Gasteiger partial charge is 0.191 e. The summed E-state index contributed by atoms with van der Waals surface area (Å²) in [7, 11) is 0. The van der Waals surface area contributed by atoms with Gasteiger partial charge in [-0.2, -0.15) is 0 Å². The monoisotopic (exact) mass is 474 g/mol. The number of hydrogen-bond acceptors (Lipinski definition) is 2. The van der Waals surface area contributed by atoms with E-state index in [2.05, 4.69) is 20.6 Å². The van der Waals surface area contributed by atoms with E-state index in [0.29, 0.717) is 19.0 Å². The number of hydrogen-bond donors (Lipinski definition) is 4. The van der Waals surface area contributed by atoms with Crippen molar-refractivity contribution in [1.29, 1.82) is 0 Å². The van der Waals surface area contributed by atoms with Crippen LogP contribution < -0.4 is 10.6 Å². The molecule has 2 aromatic rings. The molecule has 7 heteroatoms. The van der Waals surface area contributed by atoms with Gasteiger partial charge < -0.3 is 20.7 Å². The zero-order valence-electron chi connectivity index (χ0n) is 15.1. The molecule has 0 atom stereocenters. The number of aliphatic hydroxyl groups is 1. The maximum Gasteiger partial charge on any atom is 0.191 e. The Morgan fingerprint density at radius 1 is 1.31 bits per heavy atom. The minimum atomic E-state index is -0.642. The molecule has 0 radical (unpaired) electrons. The lowest BCUT2D eigenvalue weighted by atomic mass is 10.0. The number of aromatic amines is 1. The molecule has 0 aliphatic heterocycles. The SMILES string of the molecule is CCNC(=NCC1(O)CCCC1)NCCc1c[nH]c2ccc(F)cc12.I. The molecule has 0 amide bonds. The number of halogens is 2. The molecule has 5 nitrogen and oxygen atoms in total. The Morgan fingerprint density at radius 3 is 2.81 bits per heavy atom. The predicted molar refractivity (Wildman–Crippen MR) is 115 cm³/mol. The lowest BCUT2D eigenvalue weighted by Crippen LogP contribution is -2.40. The van der Waals surface area contributed by atoms with Gasteiger partial charge in [0.2, 0.25) is 0 Å². The number of aromatic nitrogens is 1. The van der Waals surface area contributed by atoms with E-state index < -0.39 is 5.60 Å². The molecule has 1 aliphatic carbocycles. The van der Waals surface area contributed by atoms with Crippen molar-refractivity contribution in [2.75, 3.05) is 19.6 Å². The molecule has 1 heterocycles. The molecule has 1 aromatic heterocycles. The first-order valence-electron chi connectivity index (χ1n) is 9.10. The quantitative estimate of drug-likeness (QED) is 0.295. The third-order valence-electron chi connectivity index (χ3n) is 4.83. The molecule has 0 bridgehead atoms. The maximum absolute atomic E-state index is 13.4. The zero-order valence-corrected chi connectivity index (χ0v) is 17.5. The molecule has 26 heavy (non-hydrogen) atoms. The molecule has 144 valence electrons. The van der Waals surface area contributed by atoms with Crippen LogP contribution in [-0.4, -0.2) is 41.3 Å². The van der Waals surface area contributed by atoms with Gasteiger partial charge in [-0.15, -0.1) is 24.0 Å². The summed E-state index contributed by atoms with van der Waals surface area (Å²) in [6.07, 6.45) is 6.50. The fraction of sp³-hybridized carbons (Fsp3) is 0.526. The third-order valence-corrected chi connectivity index (χ3v) is 4.83. The van der Waals surface area contributed by atoms with Gasteiger partial charge in [-0.05, 0) is 49.9 Å². The summed E-state index contributed by atoms with van der Waals surface area (Å²) in [6, 6.07) is 4.79. The first-order valence-corrected chi connectivity index (χ1v) is 9.10. The number of nitrogens with one attached hydrogen (secondary N) is 3. The van der Waals surface area contributed by atoms with Crippen molar-refractivity contribution in [2.45, 2.75) is 44.6 Å². The molecule has 1 fully saturated rings. The van der Waals surface area contributed by atoms with E-state index in [1.54, 1.807) is 12.1 Å². The second kappa shape index (κ2) is 9.55. The molecular weight excluding hydrogens is 446 g/mol. The summed E-state index contributed by atoms with van der Waals surface area (Å²) >= 11 is 0. The van der Waals surface area contributed by atoms with Crippen LogP contribution in [0.15, 0.2) is 29.4 Å². The van der Waals surface area contributed by atoms with Crippen molar-refractivity contribution in [3.05, 3.63) is 35.8 Å². The predicted octanol–water partition coefficient (Wildman–Crippen LogP) is 3.33. The minimum absolute atomic E-state index is 0. The normalized spacial score (nSPS) is 16.5. The first-order chi connectivity index (χ1) is 12.1. The zero-order chi connectivity index (χ0) is 17.7. The maximum atomic E-state index is 13.4. The topological polar surface area (TPSA) is 72.4 Å². The van der Waals surface area contributed by atoms with E-state index >= 15 is 0 Å². The highest BCUT2D eigenvalue weighted by Gasteiger charge is 2.30. The van der Waals surface area contributed by atoms with Crippen LogP contribution in [0.4, 0.5) is 4.39 Å². The second-order valence-electron chi connectivity index (χ2n) is 6.81. The molecule has 1 aromatic carbocycles. The van der Waals surface area contributed by atoms with Crippen molar-refractivity contribution >= 4 is 40.8 Å². The van der Waals surface area contributed by atoms with Crippen LogP contribution in [0.5, 0.6) is 0 Å². The first kappa shape index (κ1) is 21.0. The average Bonchev–Trinajstić information content (AvgIpc) is 3.20. The van der Waals surface area contributed by atoms with Crippen LogP contribution in [-0.2, 0) is 6.42 Å². The molecule has 0 spiro atoms. The summed E-state index contributed by atoms with van der Waals surface area (Å²) in [6.45, 7) is 3.90. The molecule has 0 unspecified atom stereocenters. The van der Waals surface area contributed by atoms with E-state index in [0.717, 1.165) is 55.1 Å². The number of aliphatic imine (C=N–C) groups is 1. The van der Waals surface area contributed by atoms with Gasteiger partial charge in [-0.3, -0.25) is 4.99 Å². The van der Waals surface area contributed by atoms with E-state index in [1.807, 2.05) is 13.1 Å². The molecule has 3 rings (SSSR count). The van der Waals surface area contributed by atoms with Crippen LogP contribution in [0, 0.1) is 5.82 Å². The average molecular weight is 474 g/mol. The summed E-state index contributed by atoms with van der Waals surface area (Å²) < 4.78 is 13.4. The highest BCUT2D eigenvalue weighted by atomic mass is 127. The fourth-order valence-electron chi connectivity index (χ4n) is 3.43. The number of guanidine groups is 1. The summed E-state index contributed by atoms with van der Waals surface area (Å²) in [4.78, 5) is 7.71. The number of rotatable bonds is 6. The fourth-order valence-corrected chi connectivity index (χ4v) is 3.43. The summed E-state index contributed by atoms with van der Waals surface area (Å²) in [5.41, 5.74) is 1.38. The lowest BCUT2D eigenvalue weighted by Gasteiger charge is -2.20. The minimum Gasteiger partial charge on any atom is -0.388 e. The highest BCUT2D eigenvalue weighted by molar-refractivity contribution is 14.0. The van der Waals surface area contributed by atoms with E-state index in [9.17, 15) is 9.50 Å². The van der Waals surface area contributed by atoms with Gasteiger partial charge in [0.1, 0.15) is 5.82 Å². The van der Waals surface area contributed by atoms with Gasteiger partial charge in [-0.1, -0.05) is 12.8 Å². The number of H-pyrrole nitrogens is 1. The molecular formula is C19H28FIN4O. The van der Waals surface area contributed by atoms with E-state index in [-0.39, 0.29) is 29.8 Å². The molecule has 1 saturated carbocycles. The van der Waals surface area contributed by atoms with Crippen LogP contribution in [0.1, 0.15) is 38.2 Å². The molecule has 4 N–H and O–H groups in total. The summed E-state index contributed by atoms with van der Waals surface area (Å²) in [5, 5.41) is 17.9. The Kier molecular flexibility index (Phi) is 7.69. The van der Waals surface area contributed by atoms with Gasteiger partial charge in [-0.25, -0.2) is 4.39 Å². The molecule has 0 saturated heterocycles. The Balaban J connectivity index is 0.00000243. The van der Waals surface area contributed by atoms with Crippen molar-refractivity contribution in [1.82, 2.24) is 15.6 Å². The number of fused-ring (bicyclic) bond motifs is 1. The Morgan fingerprint density at radius 2 is 2.08 bits per heavy atom. The Bertz CT molecular complexity index is 740. The lowest BCUT2D eigenvalue weighted by molar-refractivity contribution is 0.0574. The largest absolute Gasteiger partial charge is 0.388 e. The van der Waals surface area contributed by atoms with Gasteiger partial charge in [0.25, 0.3) is 0 Å². The van der Waals surface area contributed by atoms with Gasteiger partial charge in [0, 0.05) is 30.2 Å². The van der Waals surface area contributed by atoms with Crippen LogP contribution >= 0.6 is 24.0 Å².